The average molecular weight is 523 g/mol. The van der Waals surface area contributed by atoms with Gasteiger partial charge >= 0.3 is 5.97 Å². The maximum atomic E-state index is 12.4. The van der Waals surface area contributed by atoms with Crippen LogP contribution >= 0.6 is 35.0 Å². The van der Waals surface area contributed by atoms with Gasteiger partial charge in [-0.1, -0.05) is 47.5 Å². The molecule has 0 saturated carbocycles. The Morgan fingerprint density at radius 3 is 2.58 bits per heavy atom. The van der Waals surface area contributed by atoms with Gasteiger partial charge < -0.3 is 4.74 Å². The fraction of sp³-hybridized carbons (Fsp3) is 0.217. The van der Waals surface area contributed by atoms with Crippen LogP contribution in [-0.2, 0) is 14.6 Å². The van der Waals surface area contributed by atoms with Crippen molar-refractivity contribution in [2.45, 2.75) is 23.5 Å². The number of allylic oxidation sites excluding steroid dienone is 1. The minimum absolute atomic E-state index is 0.000361. The Balaban J connectivity index is 1.73. The average Bonchev–Trinajstić information content (AvgIpc) is 3.41. The van der Waals surface area contributed by atoms with Crippen LogP contribution in [0.25, 0.3) is 10.6 Å². The summed E-state index contributed by atoms with van der Waals surface area (Å²) in [6.07, 6.45) is 5.45. The van der Waals surface area contributed by atoms with E-state index in [1.54, 1.807) is 54.1 Å². The van der Waals surface area contributed by atoms with Crippen molar-refractivity contribution in [2.24, 2.45) is 0 Å². The number of hydrogen-bond acceptors (Lipinski definition) is 6. The second kappa shape index (κ2) is 9.54. The number of carbonyl (C=O) groups excluding carboxylic acids is 1. The third-order valence-electron chi connectivity index (χ3n) is 5.03. The highest BCUT2D eigenvalue weighted by molar-refractivity contribution is 8.08. The summed E-state index contributed by atoms with van der Waals surface area (Å²) in [5.41, 5.74) is 1.56. The first kappa shape index (κ1) is 23.9. The van der Waals surface area contributed by atoms with Gasteiger partial charge in [-0.2, -0.15) is 0 Å². The van der Waals surface area contributed by atoms with Gasteiger partial charge in [-0.05, 0) is 43.2 Å². The Morgan fingerprint density at radius 2 is 1.91 bits per heavy atom. The van der Waals surface area contributed by atoms with Crippen molar-refractivity contribution in [3.05, 3.63) is 81.9 Å². The SMILES string of the molecule is CCOC(=O)c1cn(-c2c(Cl)cccc2Cl)c(C2=CCC(c3cccc(S(C)(=O)=O)c3)S2)n1. The molecule has 0 bridgehead atoms. The van der Waals surface area contributed by atoms with Crippen molar-refractivity contribution in [3.8, 4) is 5.69 Å². The summed E-state index contributed by atoms with van der Waals surface area (Å²) in [6.45, 7) is 1.95. The quantitative estimate of drug-likeness (QED) is 0.370. The first-order valence-corrected chi connectivity index (χ1v) is 13.6. The molecule has 0 saturated heterocycles. The molecule has 2 heterocycles. The summed E-state index contributed by atoms with van der Waals surface area (Å²) >= 11 is 14.4. The Morgan fingerprint density at radius 1 is 1.21 bits per heavy atom. The van der Waals surface area contributed by atoms with Crippen LogP contribution < -0.4 is 0 Å². The van der Waals surface area contributed by atoms with Crippen molar-refractivity contribution in [1.82, 2.24) is 9.55 Å². The molecule has 0 fully saturated rings. The largest absolute Gasteiger partial charge is 0.461 e. The van der Waals surface area contributed by atoms with Crippen LogP contribution in [-0.4, -0.2) is 36.8 Å². The molecular weight excluding hydrogens is 503 g/mol. The maximum absolute atomic E-state index is 12.4. The summed E-state index contributed by atoms with van der Waals surface area (Å²) in [5, 5.41) is 0.828. The molecular formula is C23H20Cl2N2O4S2. The topological polar surface area (TPSA) is 78.3 Å². The Kier molecular flexibility index (Phi) is 6.91. The van der Waals surface area contributed by atoms with Gasteiger partial charge in [0.2, 0.25) is 0 Å². The highest BCUT2D eigenvalue weighted by atomic mass is 35.5. The number of esters is 1. The van der Waals surface area contributed by atoms with E-state index in [4.69, 9.17) is 27.9 Å². The molecule has 1 atom stereocenters. The Bertz CT molecular complexity index is 1350. The third-order valence-corrected chi connectivity index (χ3v) is 8.11. The zero-order valence-corrected chi connectivity index (χ0v) is 20.9. The van der Waals surface area contributed by atoms with E-state index < -0.39 is 15.8 Å². The maximum Gasteiger partial charge on any atom is 0.358 e. The number of rotatable bonds is 6. The summed E-state index contributed by atoms with van der Waals surface area (Å²) in [5.74, 6) is -0.0264. The van der Waals surface area contributed by atoms with Gasteiger partial charge in [0.1, 0.15) is 0 Å². The lowest BCUT2D eigenvalue weighted by Gasteiger charge is -2.14. The fourth-order valence-corrected chi connectivity index (χ4v) is 5.98. The molecule has 0 N–H and O–H groups in total. The van der Waals surface area contributed by atoms with Gasteiger partial charge in [0.25, 0.3) is 0 Å². The number of hydrogen-bond donors (Lipinski definition) is 0. The lowest BCUT2D eigenvalue weighted by molar-refractivity contribution is 0.0520. The van der Waals surface area contributed by atoms with Crippen LogP contribution in [0.1, 0.15) is 40.5 Å². The van der Waals surface area contributed by atoms with Crippen LogP contribution in [0, 0.1) is 0 Å². The van der Waals surface area contributed by atoms with Gasteiger partial charge in [0, 0.05) is 22.6 Å². The van der Waals surface area contributed by atoms with E-state index >= 15 is 0 Å². The molecule has 172 valence electrons. The Hall–Kier alpha value is -2.26. The number of carbonyl (C=O) groups is 1. The van der Waals surface area contributed by atoms with E-state index in [1.165, 1.54) is 18.0 Å². The summed E-state index contributed by atoms with van der Waals surface area (Å²) < 4.78 is 30.8. The molecule has 10 heteroatoms. The molecule has 0 amide bonds. The van der Waals surface area contributed by atoms with Gasteiger partial charge in [-0.3, -0.25) is 4.57 Å². The number of para-hydroxylation sites is 1. The third kappa shape index (κ3) is 4.99. The fourth-order valence-electron chi connectivity index (χ4n) is 3.50. The number of halogens is 2. The monoisotopic (exact) mass is 522 g/mol. The lowest BCUT2D eigenvalue weighted by Crippen LogP contribution is -2.04. The van der Waals surface area contributed by atoms with Crippen molar-refractivity contribution in [1.29, 1.82) is 0 Å². The second-order valence-electron chi connectivity index (χ2n) is 7.37. The zero-order chi connectivity index (χ0) is 23.8. The zero-order valence-electron chi connectivity index (χ0n) is 17.8. The number of ether oxygens (including phenoxy) is 1. The number of sulfone groups is 1. The minimum atomic E-state index is -3.31. The highest BCUT2D eigenvalue weighted by Gasteiger charge is 2.28. The molecule has 6 nitrogen and oxygen atoms in total. The first-order valence-electron chi connectivity index (χ1n) is 10.1. The van der Waals surface area contributed by atoms with Gasteiger partial charge in [-0.25, -0.2) is 18.2 Å². The van der Waals surface area contributed by atoms with Crippen molar-refractivity contribution >= 4 is 55.7 Å². The molecule has 1 aliphatic rings. The predicted molar refractivity (Wildman–Crippen MR) is 132 cm³/mol. The lowest BCUT2D eigenvalue weighted by atomic mass is 10.1. The van der Waals surface area contributed by atoms with Crippen molar-refractivity contribution in [2.75, 3.05) is 12.9 Å². The van der Waals surface area contributed by atoms with Crippen LogP contribution in [0.15, 0.2) is 59.6 Å². The number of thioether (sulfide) groups is 1. The standard InChI is InChI=1S/C23H20Cl2N2O4S2/c1-3-31-23(28)18-13-27(21-16(24)8-5-9-17(21)25)22(26-18)20-11-10-19(32-20)14-6-4-7-15(12-14)33(2,29)30/h4-9,11-13,19H,3,10H2,1-2H3. The molecule has 1 aromatic heterocycles. The molecule has 33 heavy (non-hydrogen) atoms. The number of nitrogens with zero attached hydrogens (tertiary/aromatic N) is 2. The van der Waals surface area contributed by atoms with E-state index in [1.807, 2.05) is 12.1 Å². The summed E-state index contributed by atoms with van der Waals surface area (Å²) in [7, 11) is -3.31. The van der Waals surface area contributed by atoms with E-state index in [9.17, 15) is 13.2 Å². The summed E-state index contributed by atoms with van der Waals surface area (Å²) in [6, 6.07) is 12.1. The number of benzene rings is 2. The Labute approximate surface area is 206 Å². The smallest absolute Gasteiger partial charge is 0.358 e. The first-order chi connectivity index (χ1) is 15.7. The summed E-state index contributed by atoms with van der Waals surface area (Å²) in [4.78, 5) is 18.0. The minimum Gasteiger partial charge on any atom is -0.461 e. The van der Waals surface area contributed by atoms with E-state index in [-0.39, 0.29) is 22.4 Å². The highest BCUT2D eigenvalue weighted by Crippen LogP contribution is 2.49. The number of aromatic nitrogens is 2. The molecule has 1 unspecified atom stereocenters. The molecule has 0 aliphatic carbocycles. The van der Waals surface area contributed by atoms with Crippen LogP contribution in [0.3, 0.4) is 0 Å². The predicted octanol–water partition coefficient (Wildman–Crippen LogP) is 5.98. The van der Waals surface area contributed by atoms with Crippen molar-refractivity contribution in [3.63, 3.8) is 0 Å². The van der Waals surface area contributed by atoms with Gasteiger partial charge in [0.15, 0.2) is 21.4 Å². The van der Waals surface area contributed by atoms with E-state index in [0.29, 0.717) is 28.0 Å². The normalized spacial score (nSPS) is 16.0. The molecule has 2 aromatic carbocycles. The molecule has 0 spiro atoms. The molecule has 4 rings (SSSR count). The molecule has 3 aromatic rings. The van der Waals surface area contributed by atoms with Crippen molar-refractivity contribution < 1.29 is 17.9 Å². The van der Waals surface area contributed by atoms with E-state index in [2.05, 4.69) is 4.98 Å². The van der Waals surface area contributed by atoms with E-state index in [0.717, 1.165) is 10.5 Å². The molecule has 1 aliphatic heterocycles. The number of imidazole rings is 1. The molecule has 0 radical (unpaired) electrons. The van der Waals surface area contributed by atoms with Gasteiger partial charge in [0.05, 0.1) is 27.2 Å². The van der Waals surface area contributed by atoms with Crippen LogP contribution in [0.5, 0.6) is 0 Å². The van der Waals surface area contributed by atoms with Crippen LogP contribution in [0.4, 0.5) is 0 Å². The second-order valence-corrected chi connectivity index (χ2v) is 11.4. The van der Waals surface area contributed by atoms with Gasteiger partial charge in [-0.15, -0.1) is 11.8 Å². The van der Waals surface area contributed by atoms with Crippen LogP contribution in [0.2, 0.25) is 10.0 Å².